The van der Waals surface area contributed by atoms with E-state index >= 15 is 0 Å². The molecule has 19 heavy (non-hydrogen) atoms. The number of rotatable bonds is 2. The van der Waals surface area contributed by atoms with Gasteiger partial charge >= 0.3 is 0 Å². The summed E-state index contributed by atoms with van der Waals surface area (Å²) in [5.41, 5.74) is 8.72. The van der Waals surface area contributed by atoms with Crippen molar-refractivity contribution in [2.75, 3.05) is 43.9 Å². The summed E-state index contributed by atoms with van der Waals surface area (Å²) < 4.78 is 0. The summed E-state index contributed by atoms with van der Waals surface area (Å²) in [7, 11) is 2.16. The Labute approximate surface area is 117 Å². The highest BCUT2D eigenvalue weighted by molar-refractivity contribution is 7.14. The van der Waals surface area contributed by atoms with Crippen molar-refractivity contribution in [1.82, 2.24) is 9.88 Å². The summed E-state index contributed by atoms with van der Waals surface area (Å²) in [6.07, 6.45) is 0. The molecular formula is C14H18N4S. The Bertz CT molecular complexity index is 558. The minimum Gasteiger partial charge on any atom is -0.399 e. The van der Waals surface area contributed by atoms with Crippen molar-refractivity contribution in [2.45, 2.75) is 0 Å². The number of nitrogens with two attached hydrogens (primary N) is 1. The monoisotopic (exact) mass is 274 g/mol. The molecule has 1 saturated heterocycles. The van der Waals surface area contributed by atoms with E-state index in [1.165, 1.54) is 0 Å². The average Bonchev–Trinajstić information content (AvgIpc) is 2.89. The Hall–Kier alpha value is -1.59. The highest BCUT2D eigenvalue weighted by Gasteiger charge is 2.17. The highest BCUT2D eigenvalue weighted by Crippen LogP contribution is 2.28. The lowest BCUT2D eigenvalue weighted by atomic mass is 10.1. The molecule has 1 fully saturated rings. The number of benzene rings is 1. The van der Waals surface area contributed by atoms with Crippen LogP contribution in [0, 0.1) is 0 Å². The van der Waals surface area contributed by atoms with Crippen LogP contribution >= 0.6 is 11.3 Å². The second kappa shape index (κ2) is 5.19. The summed E-state index contributed by atoms with van der Waals surface area (Å²) in [4.78, 5) is 9.45. The Balaban J connectivity index is 1.80. The van der Waals surface area contributed by atoms with Crippen LogP contribution in [0.3, 0.4) is 0 Å². The van der Waals surface area contributed by atoms with Crippen molar-refractivity contribution in [1.29, 1.82) is 0 Å². The molecule has 2 aromatic rings. The lowest BCUT2D eigenvalue weighted by molar-refractivity contribution is 0.313. The third-order valence-corrected chi connectivity index (χ3v) is 4.35. The highest BCUT2D eigenvalue weighted by atomic mass is 32.1. The van der Waals surface area contributed by atoms with E-state index in [-0.39, 0.29) is 0 Å². The summed E-state index contributed by atoms with van der Waals surface area (Å²) in [6, 6.07) is 7.90. The molecule has 2 heterocycles. The van der Waals surface area contributed by atoms with Crippen molar-refractivity contribution in [3.63, 3.8) is 0 Å². The normalized spacial score (nSPS) is 16.8. The van der Waals surface area contributed by atoms with Crippen LogP contribution in [0.1, 0.15) is 0 Å². The molecule has 0 aliphatic carbocycles. The number of likely N-dealkylation sites (N-methyl/N-ethyl adjacent to an activating group) is 1. The van der Waals surface area contributed by atoms with Crippen LogP contribution in [0.4, 0.5) is 10.8 Å². The van der Waals surface area contributed by atoms with Gasteiger partial charge in [0.1, 0.15) is 0 Å². The van der Waals surface area contributed by atoms with Crippen LogP contribution in [0.2, 0.25) is 0 Å². The summed E-state index contributed by atoms with van der Waals surface area (Å²) in [5.74, 6) is 0. The molecule has 3 rings (SSSR count). The topological polar surface area (TPSA) is 45.4 Å². The zero-order chi connectivity index (χ0) is 13.2. The molecule has 1 aromatic heterocycles. The largest absolute Gasteiger partial charge is 0.399 e. The van der Waals surface area contributed by atoms with Crippen LogP contribution in [0.5, 0.6) is 0 Å². The van der Waals surface area contributed by atoms with Gasteiger partial charge in [0.25, 0.3) is 0 Å². The molecule has 1 aromatic carbocycles. The second-order valence-corrected chi connectivity index (χ2v) is 5.77. The third-order valence-electron chi connectivity index (χ3n) is 3.45. The lowest BCUT2D eigenvalue weighted by Gasteiger charge is -2.32. The smallest absolute Gasteiger partial charge is 0.185 e. The maximum Gasteiger partial charge on any atom is 0.185 e. The summed E-state index contributed by atoms with van der Waals surface area (Å²) in [6.45, 7) is 4.32. The standard InChI is InChI=1S/C14H18N4S/c1-17-5-7-18(8-6-17)14-16-13(10-19-14)11-3-2-4-12(15)9-11/h2-4,9-10H,5-8,15H2,1H3. The maximum absolute atomic E-state index is 5.82. The van der Waals surface area contributed by atoms with E-state index in [0.717, 1.165) is 48.3 Å². The van der Waals surface area contributed by atoms with Crippen LogP contribution in [-0.4, -0.2) is 43.1 Å². The number of piperazine rings is 1. The molecule has 0 saturated carbocycles. The average molecular weight is 274 g/mol. The quantitative estimate of drug-likeness (QED) is 0.852. The Morgan fingerprint density at radius 1 is 1.21 bits per heavy atom. The van der Waals surface area contributed by atoms with E-state index in [2.05, 4.69) is 28.3 Å². The molecule has 1 aliphatic heterocycles. The van der Waals surface area contributed by atoms with Gasteiger partial charge in [0.05, 0.1) is 5.69 Å². The number of nitrogens with zero attached hydrogens (tertiary/aromatic N) is 3. The van der Waals surface area contributed by atoms with Crippen LogP contribution in [0.25, 0.3) is 11.3 Å². The van der Waals surface area contributed by atoms with Crippen molar-refractivity contribution >= 4 is 22.2 Å². The van der Waals surface area contributed by atoms with E-state index in [4.69, 9.17) is 10.7 Å². The van der Waals surface area contributed by atoms with E-state index in [9.17, 15) is 0 Å². The van der Waals surface area contributed by atoms with Crippen molar-refractivity contribution in [2.24, 2.45) is 0 Å². The number of nitrogen functional groups attached to an aromatic ring is 1. The van der Waals surface area contributed by atoms with E-state index in [0.29, 0.717) is 0 Å². The first-order valence-electron chi connectivity index (χ1n) is 6.47. The van der Waals surface area contributed by atoms with Gasteiger partial charge in [-0.25, -0.2) is 4.98 Å². The number of thiazole rings is 1. The lowest BCUT2D eigenvalue weighted by Crippen LogP contribution is -2.44. The summed E-state index contributed by atoms with van der Waals surface area (Å²) in [5, 5.41) is 3.23. The molecule has 0 radical (unpaired) electrons. The number of hydrogen-bond acceptors (Lipinski definition) is 5. The predicted octanol–water partition coefficient (Wildman–Crippen LogP) is 2.14. The fourth-order valence-corrected chi connectivity index (χ4v) is 3.13. The number of aromatic nitrogens is 1. The van der Waals surface area contributed by atoms with E-state index < -0.39 is 0 Å². The number of anilines is 2. The first-order chi connectivity index (χ1) is 9.22. The predicted molar refractivity (Wildman–Crippen MR) is 81.7 cm³/mol. The van der Waals surface area contributed by atoms with Gasteiger partial charge in [0, 0.05) is 42.8 Å². The summed E-state index contributed by atoms with van der Waals surface area (Å²) >= 11 is 1.71. The van der Waals surface area contributed by atoms with Gasteiger partial charge in [-0.2, -0.15) is 0 Å². The zero-order valence-electron chi connectivity index (χ0n) is 11.0. The van der Waals surface area contributed by atoms with E-state index in [1.807, 2.05) is 18.2 Å². The van der Waals surface area contributed by atoms with Crippen molar-refractivity contribution in [3.05, 3.63) is 29.6 Å². The molecule has 2 N–H and O–H groups in total. The Morgan fingerprint density at radius 3 is 2.74 bits per heavy atom. The van der Waals surface area contributed by atoms with Gasteiger partial charge in [0.15, 0.2) is 5.13 Å². The van der Waals surface area contributed by atoms with Gasteiger partial charge in [-0.15, -0.1) is 11.3 Å². The van der Waals surface area contributed by atoms with Gasteiger partial charge in [0.2, 0.25) is 0 Å². The molecule has 0 amide bonds. The molecule has 4 nitrogen and oxygen atoms in total. The SMILES string of the molecule is CN1CCN(c2nc(-c3cccc(N)c3)cs2)CC1. The number of hydrogen-bond donors (Lipinski definition) is 1. The fourth-order valence-electron chi connectivity index (χ4n) is 2.24. The van der Waals surface area contributed by atoms with Crippen molar-refractivity contribution < 1.29 is 0 Å². The molecule has 0 unspecified atom stereocenters. The third kappa shape index (κ3) is 2.72. The zero-order valence-corrected chi connectivity index (χ0v) is 11.9. The van der Waals surface area contributed by atoms with Crippen LogP contribution in [0.15, 0.2) is 29.6 Å². The van der Waals surface area contributed by atoms with E-state index in [1.54, 1.807) is 11.3 Å². The molecule has 0 spiro atoms. The van der Waals surface area contributed by atoms with Gasteiger partial charge in [-0.3, -0.25) is 0 Å². The van der Waals surface area contributed by atoms with Gasteiger partial charge < -0.3 is 15.5 Å². The first-order valence-corrected chi connectivity index (χ1v) is 7.35. The molecule has 100 valence electrons. The molecule has 1 aliphatic rings. The molecule has 0 atom stereocenters. The fraction of sp³-hybridized carbons (Fsp3) is 0.357. The first kappa shape index (κ1) is 12.4. The molecule has 5 heteroatoms. The van der Waals surface area contributed by atoms with Crippen molar-refractivity contribution in [3.8, 4) is 11.3 Å². The minimum atomic E-state index is 0.784. The Morgan fingerprint density at radius 2 is 2.00 bits per heavy atom. The van der Waals surface area contributed by atoms with Crippen LogP contribution in [-0.2, 0) is 0 Å². The van der Waals surface area contributed by atoms with Crippen LogP contribution < -0.4 is 10.6 Å². The molecule has 0 bridgehead atoms. The maximum atomic E-state index is 5.82. The Kier molecular flexibility index (Phi) is 3.40. The minimum absolute atomic E-state index is 0.784. The van der Waals surface area contributed by atoms with Gasteiger partial charge in [-0.05, 0) is 19.2 Å². The molecular weight excluding hydrogens is 256 g/mol. The second-order valence-electron chi connectivity index (χ2n) is 4.93. The van der Waals surface area contributed by atoms with Gasteiger partial charge in [-0.1, -0.05) is 12.1 Å².